The maximum Gasteiger partial charge on any atom is 0.254 e. The molecule has 0 bridgehead atoms. The van der Waals surface area contributed by atoms with E-state index in [0.29, 0.717) is 29.4 Å². The van der Waals surface area contributed by atoms with Crippen molar-refractivity contribution in [2.24, 2.45) is 0 Å². The van der Waals surface area contributed by atoms with Crippen molar-refractivity contribution in [2.45, 2.75) is 25.3 Å². The first-order valence-electron chi connectivity index (χ1n) is 10.7. The van der Waals surface area contributed by atoms with Gasteiger partial charge in [0.1, 0.15) is 11.9 Å². The molecule has 160 valence electrons. The van der Waals surface area contributed by atoms with E-state index in [2.05, 4.69) is 10.1 Å². The number of amides is 1. The maximum atomic E-state index is 13.3. The van der Waals surface area contributed by atoms with Crippen LogP contribution in [-0.4, -0.2) is 27.5 Å². The number of rotatable bonds is 4. The lowest BCUT2D eigenvalue weighted by Gasteiger charge is -2.33. The Balaban J connectivity index is 1.38. The van der Waals surface area contributed by atoms with Gasteiger partial charge in [-0.1, -0.05) is 47.6 Å². The van der Waals surface area contributed by atoms with Crippen molar-refractivity contribution in [2.75, 3.05) is 6.54 Å². The minimum atomic E-state index is -0.320. The van der Waals surface area contributed by atoms with Crippen molar-refractivity contribution in [3.8, 4) is 22.5 Å². The van der Waals surface area contributed by atoms with Gasteiger partial charge in [-0.05, 0) is 66.8 Å². The molecule has 0 radical (unpaired) electrons. The van der Waals surface area contributed by atoms with Gasteiger partial charge in [0.25, 0.3) is 5.91 Å². The van der Waals surface area contributed by atoms with Crippen LogP contribution in [0, 0.1) is 5.82 Å². The van der Waals surface area contributed by atoms with Crippen LogP contribution in [0.25, 0.3) is 22.5 Å². The fourth-order valence-electron chi connectivity index (χ4n) is 4.12. The minimum Gasteiger partial charge on any atom is -0.337 e. The molecule has 0 spiro atoms. The average molecular weight is 427 g/mol. The number of halogens is 1. The minimum absolute atomic E-state index is 0.0455. The largest absolute Gasteiger partial charge is 0.337 e. The fraction of sp³-hybridized carbons (Fsp3) is 0.192. The molecule has 5 rings (SSSR count). The van der Waals surface area contributed by atoms with E-state index in [1.807, 2.05) is 59.5 Å². The summed E-state index contributed by atoms with van der Waals surface area (Å²) < 4.78 is 18.7. The molecule has 1 amide bonds. The highest BCUT2D eigenvalue weighted by Crippen LogP contribution is 2.32. The van der Waals surface area contributed by atoms with Gasteiger partial charge >= 0.3 is 0 Å². The topological polar surface area (TPSA) is 59.2 Å². The summed E-state index contributed by atoms with van der Waals surface area (Å²) in [4.78, 5) is 19.7. The number of piperidine rings is 1. The third-order valence-electron chi connectivity index (χ3n) is 5.83. The second kappa shape index (κ2) is 8.75. The van der Waals surface area contributed by atoms with Gasteiger partial charge in [-0.15, -0.1) is 0 Å². The van der Waals surface area contributed by atoms with Crippen LogP contribution in [-0.2, 0) is 0 Å². The molecular weight excluding hydrogens is 405 g/mol. The fourth-order valence-corrected chi connectivity index (χ4v) is 4.12. The van der Waals surface area contributed by atoms with Gasteiger partial charge in [-0.2, -0.15) is 4.98 Å². The predicted molar refractivity (Wildman–Crippen MR) is 119 cm³/mol. The summed E-state index contributed by atoms with van der Waals surface area (Å²) in [7, 11) is 0. The smallest absolute Gasteiger partial charge is 0.254 e. The molecule has 4 aromatic rings. The highest BCUT2D eigenvalue weighted by molar-refractivity contribution is 5.95. The average Bonchev–Trinajstić information content (AvgIpc) is 3.35. The Labute approximate surface area is 185 Å². The number of nitrogens with zero attached hydrogens (tertiary/aromatic N) is 3. The summed E-state index contributed by atoms with van der Waals surface area (Å²) in [5, 5.41) is 4.06. The molecule has 2 heterocycles. The molecule has 5 nitrogen and oxygen atoms in total. The lowest BCUT2D eigenvalue weighted by atomic mass is 9.99. The second-order valence-electron chi connectivity index (χ2n) is 7.92. The van der Waals surface area contributed by atoms with Gasteiger partial charge in [0, 0.05) is 17.7 Å². The van der Waals surface area contributed by atoms with Crippen LogP contribution in [0.3, 0.4) is 0 Å². The van der Waals surface area contributed by atoms with Crippen molar-refractivity contribution in [1.29, 1.82) is 0 Å². The van der Waals surface area contributed by atoms with Crippen molar-refractivity contribution < 1.29 is 13.7 Å². The van der Waals surface area contributed by atoms with Gasteiger partial charge in [0.2, 0.25) is 11.7 Å². The van der Waals surface area contributed by atoms with Crippen LogP contribution in [0.1, 0.15) is 41.6 Å². The van der Waals surface area contributed by atoms with Gasteiger partial charge in [-0.25, -0.2) is 4.39 Å². The molecule has 1 atom stereocenters. The number of carbonyl (C=O) groups excluding carboxylic acids is 1. The molecule has 6 heteroatoms. The number of benzene rings is 3. The molecule has 1 fully saturated rings. The highest BCUT2D eigenvalue weighted by atomic mass is 19.1. The summed E-state index contributed by atoms with van der Waals surface area (Å²) in [6.07, 6.45) is 2.68. The van der Waals surface area contributed by atoms with Crippen LogP contribution in [0.4, 0.5) is 4.39 Å². The number of carbonyl (C=O) groups is 1. The Morgan fingerprint density at radius 3 is 2.31 bits per heavy atom. The van der Waals surface area contributed by atoms with Gasteiger partial charge in [0.15, 0.2) is 0 Å². The molecule has 1 aliphatic rings. The first-order chi connectivity index (χ1) is 15.7. The molecule has 3 aromatic carbocycles. The molecule has 1 saturated heterocycles. The van der Waals surface area contributed by atoms with Crippen LogP contribution >= 0.6 is 0 Å². The van der Waals surface area contributed by atoms with Crippen molar-refractivity contribution >= 4 is 5.91 Å². The Kier molecular flexibility index (Phi) is 5.50. The first-order valence-corrected chi connectivity index (χ1v) is 10.7. The van der Waals surface area contributed by atoms with Gasteiger partial charge < -0.3 is 9.42 Å². The molecule has 0 saturated carbocycles. The molecule has 32 heavy (non-hydrogen) atoms. The molecule has 1 aliphatic heterocycles. The molecule has 0 N–H and O–H groups in total. The van der Waals surface area contributed by atoms with Gasteiger partial charge in [0.05, 0.1) is 0 Å². The number of likely N-dealkylation sites (tertiary alicyclic amines) is 1. The Hall–Kier alpha value is -3.80. The molecule has 0 aliphatic carbocycles. The SMILES string of the molecule is O=C(c1ccc(-c2ccccc2)cc1)N1CCCCC1c1nc(-c2ccc(F)cc2)no1. The van der Waals surface area contributed by atoms with Crippen molar-refractivity contribution in [3.05, 3.63) is 96.1 Å². The zero-order valence-corrected chi connectivity index (χ0v) is 17.4. The molecule has 1 aromatic heterocycles. The Morgan fingerprint density at radius 1 is 0.875 bits per heavy atom. The lowest BCUT2D eigenvalue weighted by molar-refractivity contribution is 0.0561. The van der Waals surface area contributed by atoms with E-state index in [9.17, 15) is 9.18 Å². The summed E-state index contributed by atoms with van der Waals surface area (Å²) in [6, 6.07) is 23.4. The standard InChI is InChI=1S/C26H22FN3O2/c27-22-15-13-20(14-16-22)24-28-25(32-29-24)23-8-4-5-17-30(23)26(31)21-11-9-19(10-12-21)18-6-2-1-3-7-18/h1-3,6-7,9-16,23H,4-5,8,17H2. The molecule has 1 unspecified atom stereocenters. The third kappa shape index (κ3) is 4.04. The number of hydrogen-bond acceptors (Lipinski definition) is 4. The van der Waals surface area contributed by atoms with Crippen LogP contribution in [0.15, 0.2) is 83.4 Å². The normalized spacial score (nSPS) is 16.2. The predicted octanol–water partition coefficient (Wildman–Crippen LogP) is 5.91. The van der Waals surface area contributed by atoms with Crippen LogP contribution in [0.2, 0.25) is 0 Å². The van der Waals surface area contributed by atoms with E-state index in [0.717, 1.165) is 30.4 Å². The van der Waals surface area contributed by atoms with Crippen molar-refractivity contribution in [1.82, 2.24) is 15.0 Å². The van der Waals surface area contributed by atoms with E-state index in [4.69, 9.17) is 4.52 Å². The zero-order valence-electron chi connectivity index (χ0n) is 17.4. The summed E-state index contributed by atoms with van der Waals surface area (Å²) in [5.41, 5.74) is 3.49. The van der Waals surface area contributed by atoms with E-state index in [1.165, 1.54) is 12.1 Å². The third-order valence-corrected chi connectivity index (χ3v) is 5.83. The quantitative estimate of drug-likeness (QED) is 0.406. The maximum absolute atomic E-state index is 13.3. The number of aromatic nitrogens is 2. The van der Waals surface area contributed by atoms with E-state index < -0.39 is 0 Å². The Bertz CT molecular complexity index is 1200. The lowest BCUT2D eigenvalue weighted by Crippen LogP contribution is -2.38. The summed E-state index contributed by atoms with van der Waals surface area (Å²) in [6.45, 7) is 0.637. The monoisotopic (exact) mass is 427 g/mol. The Morgan fingerprint density at radius 2 is 1.56 bits per heavy atom. The van der Waals surface area contributed by atoms with Crippen molar-refractivity contribution in [3.63, 3.8) is 0 Å². The van der Waals surface area contributed by atoms with E-state index in [-0.39, 0.29) is 17.8 Å². The van der Waals surface area contributed by atoms with Gasteiger partial charge in [-0.3, -0.25) is 4.79 Å². The zero-order chi connectivity index (χ0) is 21.9. The van der Waals surface area contributed by atoms with E-state index >= 15 is 0 Å². The van der Waals surface area contributed by atoms with Crippen LogP contribution < -0.4 is 0 Å². The van der Waals surface area contributed by atoms with Crippen LogP contribution in [0.5, 0.6) is 0 Å². The second-order valence-corrected chi connectivity index (χ2v) is 7.92. The first kappa shape index (κ1) is 20.1. The van der Waals surface area contributed by atoms with E-state index in [1.54, 1.807) is 12.1 Å². The summed E-state index contributed by atoms with van der Waals surface area (Å²) >= 11 is 0. The summed E-state index contributed by atoms with van der Waals surface area (Å²) in [5.74, 6) is 0.444. The molecular formula is C26H22FN3O2. The number of hydrogen-bond donors (Lipinski definition) is 0. The highest BCUT2D eigenvalue weighted by Gasteiger charge is 2.32.